The zero-order valence-electron chi connectivity index (χ0n) is 8.88. The molecule has 1 N–H and O–H groups in total. The SMILES string of the molecule is Cc1ccc(NC(=O)[C@@H]2C[C@H]2C)cc1F. The van der Waals surface area contributed by atoms with Gasteiger partial charge in [0.05, 0.1) is 0 Å². The highest BCUT2D eigenvalue weighted by atomic mass is 19.1. The number of aryl methyl sites for hydroxylation is 1. The zero-order valence-corrected chi connectivity index (χ0v) is 8.88. The van der Waals surface area contributed by atoms with E-state index in [1.54, 1.807) is 19.1 Å². The van der Waals surface area contributed by atoms with E-state index in [9.17, 15) is 9.18 Å². The van der Waals surface area contributed by atoms with Crippen molar-refractivity contribution in [1.82, 2.24) is 0 Å². The summed E-state index contributed by atoms with van der Waals surface area (Å²) in [4.78, 5) is 11.5. The Morgan fingerprint density at radius 3 is 2.73 bits per heavy atom. The first-order chi connectivity index (χ1) is 7.08. The highest BCUT2D eigenvalue weighted by Crippen LogP contribution is 2.38. The molecule has 0 unspecified atom stereocenters. The van der Waals surface area contributed by atoms with Crippen molar-refractivity contribution >= 4 is 11.6 Å². The summed E-state index contributed by atoms with van der Waals surface area (Å²) in [5.41, 5.74) is 1.13. The van der Waals surface area contributed by atoms with Crippen LogP contribution in [0.1, 0.15) is 18.9 Å². The van der Waals surface area contributed by atoms with E-state index in [0.29, 0.717) is 17.2 Å². The Morgan fingerprint density at radius 2 is 2.20 bits per heavy atom. The van der Waals surface area contributed by atoms with Crippen molar-refractivity contribution < 1.29 is 9.18 Å². The van der Waals surface area contributed by atoms with Gasteiger partial charge in [0.1, 0.15) is 5.82 Å². The third-order valence-corrected chi connectivity index (χ3v) is 2.89. The van der Waals surface area contributed by atoms with Crippen LogP contribution in [-0.4, -0.2) is 5.91 Å². The lowest BCUT2D eigenvalue weighted by molar-refractivity contribution is -0.117. The van der Waals surface area contributed by atoms with Gasteiger partial charge in [0, 0.05) is 11.6 Å². The van der Waals surface area contributed by atoms with Gasteiger partial charge in [-0.25, -0.2) is 4.39 Å². The Balaban J connectivity index is 2.04. The van der Waals surface area contributed by atoms with Gasteiger partial charge in [-0.2, -0.15) is 0 Å². The molecule has 0 aliphatic heterocycles. The lowest BCUT2D eigenvalue weighted by Crippen LogP contribution is -2.14. The van der Waals surface area contributed by atoms with Crippen LogP contribution in [0.3, 0.4) is 0 Å². The summed E-state index contributed by atoms with van der Waals surface area (Å²) in [7, 11) is 0. The molecule has 1 aromatic carbocycles. The van der Waals surface area contributed by atoms with E-state index >= 15 is 0 Å². The maximum absolute atomic E-state index is 13.2. The van der Waals surface area contributed by atoms with Gasteiger partial charge in [0.25, 0.3) is 0 Å². The molecule has 1 aliphatic rings. The Kier molecular flexibility index (Phi) is 2.47. The van der Waals surface area contributed by atoms with Crippen molar-refractivity contribution in [2.45, 2.75) is 20.3 Å². The molecular formula is C12H14FNO. The molecule has 0 saturated heterocycles. The van der Waals surface area contributed by atoms with Crippen LogP contribution in [0.15, 0.2) is 18.2 Å². The highest BCUT2D eigenvalue weighted by molar-refractivity contribution is 5.94. The molecule has 0 aromatic heterocycles. The molecule has 2 atom stereocenters. The molecular weight excluding hydrogens is 193 g/mol. The molecule has 1 aromatic rings. The molecule has 0 bridgehead atoms. The van der Waals surface area contributed by atoms with Gasteiger partial charge in [-0.05, 0) is 37.0 Å². The van der Waals surface area contributed by atoms with Crippen LogP contribution >= 0.6 is 0 Å². The molecule has 0 spiro atoms. The summed E-state index contributed by atoms with van der Waals surface area (Å²) in [6.07, 6.45) is 0.945. The average Bonchev–Trinajstić information content (AvgIpc) is 2.89. The van der Waals surface area contributed by atoms with Crippen LogP contribution in [0, 0.1) is 24.6 Å². The maximum Gasteiger partial charge on any atom is 0.227 e. The minimum Gasteiger partial charge on any atom is -0.326 e. The summed E-state index contributed by atoms with van der Waals surface area (Å²) >= 11 is 0. The van der Waals surface area contributed by atoms with Crippen LogP contribution in [0.25, 0.3) is 0 Å². The molecule has 3 heteroatoms. The number of carbonyl (C=O) groups excluding carboxylic acids is 1. The Hall–Kier alpha value is -1.38. The Morgan fingerprint density at radius 1 is 1.53 bits per heavy atom. The molecule has 80 valence electrons. The first-order valence-electron chi connectivity index (χ1n) is 5.15. The van der Waals surface area contributed by atoms with Crippen molar-refractivity contribution in [1.29, 1.82) is 0 Å². The molecule has 0 radical (unpaired) electrons. The fourth-order valence-electron chi connectivity index (χ4n) is 1.59. The predicted octanol–water partition coefficient (Wildman–Crippen LogP) is 2.73. The second-order valence-electron chi connectivity index (χ2n) is 4.27. The summed E-state index contributed by atoms with van der Waals surface area (Å²) < 4.78 is 13.2. The average molecular weight is 207 g/mol. The third-order valence-electron chi connectivity index (χ3n) is 2.89. The van der Waals surface area contributed by atoms with E-state index < -0.39 is 0 Å². The molecule has 1 amide bonds. The first kappa shape index (κ1) is 10.1. The summed E-state index contributed by atoms with van der Waals surface area (Å²) in [5.74, 6) is 0.317. The Bertz CT molecular complexity index is 403. The van der Waals surface area contributed by atoms with Gasteiger partial charge in [0.2, 0.25) is 5.91 Å². The maximum atomic E-state index is 13.2. The minimum absolute atomic E-state index is 0.00533. The number of nitrogens with one attached hydrogen (secondary N) is 1. The zero-order chi connectivity index (χ0) is 11.0. The number of anilines is 1. The molecule has 1 saturated carbocycles. The highest BCUT2D eigenvalue weighted by Gasteiger charge is 2.39. The van der Waals surface area contributed by atoms with Crippen molar-refractivity contribution in [3.63, 3.8) is 0 Å². The predicted molar refractivity (Wildman–Crippen MR) is 57.0 cm³/mol. The fraction of sp³-hybridized carbons (Fsp3) is 0.417. The van der Waals surface area contributed by atoms with Gasteiger partial charge in [-0.15, -0.1) is 0 Å². The van der Waals surface area contributed by atoms with E-state index in [2.05, 4.69) is 5.32 Å². The van der Waals surface area contributed by atoms with Crippen molar-refractivity contribution in [2.75, 3.05) is 5.32 Å². The van der Waals surface area contributed by atoms with E-state index in [1.807, 2.05) is 6.92 Å². The van der Waals surface area contributed by atoms with E-state index in [1.165, 1.54) is 6.07 Å². The summed E-state index contributed by atoms with van der Waals surface area (Å²) in [5, 5.41) is 2.72. The minimum atomic E-state index is -0.281. The van der Waals surface area contributed by atoms with Crippen LogP contribution in [0.5, 0.6) is 0 Å². The number of benzene rings is 1. The number of amides is 1. The monoisotopic (exact) mass is 207 g/mol. The molecule has 1 aliphatic carbocycles. The molecule has 1 fully saturated rings. The largest absolute Gasteiger partial charge is 0.326 e. The van der Waals surface area contributed by atoms with Gasteiger partial charge in [-0.1, -0.05) is 13.0 Å². The fourth-order valence-corrected chi connectivity index (χ4v) is 1.59. The normalized spacial score (nSPS) is 23.7. The van der Waals surface area contributed by atoms with Crippen molar-refractivity contribution in [3.8, 4) is 0 Å². The smallest absolute Gasteiger partial charge is 0.227 e. The van der Waals surface area contributed by atoms with Crippen LogP contribution in [0.4, 0.5) is 10.1 Å². The lowest BCUT2D eigenvalue weighted by Gasteiger charge is -2.05. The van der Waals surface area contributed by atoms with Gasteiger partial charge < -0.3 is 5.32 Å². The summed E-state index contributed by atoms with van der Waals surface area (Å²) in [6.45, 7) is 3.74. The first-order valence-corrected chi connectivity index (χ1v) is 5.15. The van der Waals surface area contributed by atoms with Gasteiger partial charge in [-0.3, -0.25) is 4.79 Å². The van der Waals surface area contributed by atoms with Crippen molar-refractivity contribution in [3.05, 3.63) is 29.6 Å². The number of carbonyl (C=O) groups is 1. The lowest BCUT2D eigenvalue weighted by atomic mass is 10.2. The number of rotatable bonds is 2. The number of hydrogen-bond donors (Lipinski definition) is 1. The van der Waals surface area contributed by atoms with Gasteiger partial charge >= 0.3 is 0 Å². The number of hydrogen-bond acceptors (Lipinski definition) is 1. The second-order valence-corrected chi connectivity index (χ2v) is 4.27. The van der Waals surface area contributed by atoms with Crippen LogP contribution in [0.2, 0.25) is 0 Å². The van der Waals surface area contributed by atoms with Gasteiger partial charge in [0.15, 0.2) is 0 Å². The Labute approximate surface area is 88.5 Å². The molecule has 15 heavy (non-hydrogen) atoms. The number of halogens is 1. The quantitative estimate of drug-likeness (QED) is 0.793. The van der Waals surface area contributed by atoms with Crippen LogP contribution < -0.4 is 5.32 Å². The topological polar surface area (TPSA) is 29.1 Å². The third kappa shape index (κ3) is 2.17. The molecule has 2 nitrogen and oxygen atoms in total. The standard InChI is InChI=1S/C12H14FNO/c1-7-3-4-9(6-11(7)13)14-12(15)10-5-8(10)2/h3-4,6,8,10H,5H2,1-2H3,(H,14,15)/t8-,10-/m1/s1. The summed E-state index contributed by atoms with van der Waals surface area (Å²) in [6, 6.07) is 4.75. The van der Waals surface area contributed by atoms with E-state index in [4.69, 9.17) is 0 Å². The van der Waals surface area contributed by atoms with Crippen LogP contribution in [-0.2, 0) is 4.79 Å². The molecule has 0 heterocycles. The van der Waals surface area contributed by atoms with E-state index in [-0.39, 0.29) is 17.6 Å². The second kappa shape index (κ2) is 3.65. The van der Waals surface area contributed by atoms with Crippen molar-refractivity contribution in [2.24, 2.45) is 11.8 Å². The van der Waals surface area contributed by atoms with E-state index in [0.717, 1.165) is 6.42 Å². The molecule has 2 rings (SSSR count).